The lowest BCUT2D eigenvalue weighted by Crippen LogP contribution is -2.36. The number of ether oxygens (including phenoxy) is 2. The number of tetrazole rings is 2. The fourth-order valence-corrected chi connectivity index (χ4v) is 3.51. The molecule has 2 aromatic carbocycles. The average Bonchev–Trinajstić information content (AvgIpc) is 3.57. The number of nitrogens with zero attached hydrogens (tertiary/aromatic N) is 7. The van der Waals surface area contributed by atoms with Gasteiger partial charge in [0, 0.05) is 7.05 Å². The molecule has 0 bridgehead atoms. The molecule has 4 rings (SSSR count). The zero-order valence-electron chi connectivity index (χ0n) is 24.2. The standard InChI is InChI=1S/C14H19N5O2.C13H17N5O2/c1-14(2,3)21-13(20)15-11(10-8-6-5-7-9-10)12-16-17-18-19(12)4;1-13(2,3)20-12(19)14-10(11-15-17-18-16-11)9-7-5-4-6-8-9/h5-9,11H,1-4H3,(H,15,20);4-8,10H,1-3H3,(H,14,19)(H,15,16,17,18). The predicted octanol–water partition coefficient (Wildman–Crippen LogP) is 3.64. The van der Waals surface area contributed by atoms with Gasteiger partial charge in [-0.1, -0.05) is 65.9 Å². The quantitative estimate of drug-likeness (QED) is 0.313. The van der Waals surface area contributed by atoms with Crippen LogP contribution in [0.25, 0.3) is 0 Å². The first kappa shape index (κ1) is 30.7. The molecule has 0 radical (unpaired) electrons. The SMILES string of the molecule is CC(C)(C)OC(=O)NC(c1ccccc1)c1nn[nH]n1.Cn1nnnc1C(NC(=O)OC(C)(C)C)c1ccccc1. The summed E-state index contributed by atoms with van der Waals surface area (Å²) < 4.78 is 12.1. The van der Waals surface area contributed by atoms with Crippen molar-refractivity contribution in [3.63, 3.8) is 0 Å². The molecule has 0 saturated heterocycles. The van der Waals surface area contributed by atoms with Crippen molar-refractivity contribution in [1.82, 2.24) is 51.5 Å². The van der Waals surface area contributed by atoms with Crippen molar-refractivity contribution in [3.05, 3.63) is 83.4 Å². The zero-order chi connectivity index (χ0) is 30.0. The monoisotopic (exact) mass is 564 g/mol. The number of rotatable bonds is 6. The van der Waals surface area contributed by atoms with Crippen LogP contribution < -0.4 is 10.6 Å². The Balaban J connectivity index is 0.000000226. The van der Waals surface area contributed by atoms with Crippen molar-refractivity contribution in [3.8, 4) is 0 Å². The Morgan fingerprint density at radius 2 is 1.27 bits per heavy atom. The van der Waals surface area contributed by atoms with Crippen LogP contribution in [0.2, 0.25) is 0 Å². The van der Waals surface area contributed by atoms with Gasteiger partial charge >= 0.3 is 12.2 Å². The summed E-state index contributed by atoms with van der Waals surface area (Å²) in [6.45, 7) is 10.9. The molecule has 0 aliphatic heterocycles. The fourth-order valence-electron chi connectivity index (χ4n) is 3.51. The molecule has 2 aromatic heterocycles. The molecular weight excluding hydrogens is 528 g/mol. The number of carbonyl (C=O) groups excluding carboxylic acids is 2. The van der Waals surface area contributed by atoms with Crippen molar-refractivity contribution in [1.29, 1.82) is 0 Å². The Morgan fingerprint density at radius 3 is 1.68 bits per heavy atom. The summed E-state index contributed by atoms with van der Waals surface area (Å²) in [4.78, 5) is 24.0. The molecule has 0 fully saturated rings. The molecule has 41 heavy (non-hydrogen) atoms. The lowest BCUT2D eigenvalue weighted by molar-refractivity contribution is 0.0498. The molecule has 0 saturated carbocycles. The van der Waals surface area contributed by atoms with Crippen LogP contribution in [-0.4, -0.2) is 64.2 Å². The van der Waals surface area contributed by atoms with E-state index in [1.165, 1.54) is 4.68 Å². The number of hydrogen-bond donors (Lipinski definition) is 3. The molecule has 2 heterocycles. The first-order valence-corrected chi connectivity index (χ1v) is 12.9. The van der Waals surface area contributed by atoms with E-state index in [-0.39, 0.29) is 0 Å². The van der Waals surface area contributed by atoms with Crippen molar-refractivity contribution >= 4 is 12.2 Å². The highest BCUT2D eigenvalue weighted by Crippen LogP contribution is 2.21. The van der Waals surface area contributed by atoms with Crippen LogP contribution in [-0.2, 0) is 16.5 Å². The maximum atomic E-state index is 12.0. The first-order chi connectivity index (χ1) is 19.3. The maximum absolute atomic E-state index is 12.0. The Bertz CT molecular complexity index is 1360. The van der Waals surface area contributed by atoms with Crippen LogP contribution in [0.3, 0.4) is 0 Å². The van der Waals surface area contributed by atoms with Gasteiger partial charge in [0.2, 0.25) is 5.82 Å². The normalized spacial score (nSPS) is 12.8. The second-order valence-corrected chi connectivity index (χ2v) is 10.9. The van der Waals surface area contributed by atoms with E-state index in [0.29, 0.717) is 11.6 Å². The summed E-state index contributed by atoms with van der Waals surface area (Å²) >= 11 is 0. The topological polar surface area (TPSA) is 175 Å². The third-order valence-electron chi connectivity index (χ3n) is 5.12. The second-order valence-electron chi connectivity index (χ2n) is 10.9. The first-order valence-electron chi connectivity index (χ1n) is 12.9. The Kier molecular flexibility index (Phi) is 10.1. The van der Waals surface area contributed by atoms with Gasteiger partial charge < -0.3 is 20.1 Å². The van der Waals surface area contributed by atoms with Crippen LogP contribution >= 0.6 is 0 Å². The third kappa shape index (κ3) is 9.98. The smallest absolute Gasteiger partial charge is 0.408 e. The molecule has 14 heteroatoms. The van der Waals surface area contributed by atoms with Gasteiger partial charge in [-0.2, -0.15) is 5.21 Å². The molecule has 2 unspecified atom stereocenters. The zero-order valence-corrected chi connectivity index (χ0v) is 24.2. The van der Waals surface area contributed by atoms with Gasteiger partial charge in [0.1, 0.15) is 23.3 Å². The highest BCUT2D eigenvalue weighted by atomic mass is 16.6. The minimum atomic E-state index is -0.567. The molecule has 3 N–H and O–H groups in total. The van der Waals surface area contributed by atoms with Gasteiger partial charge in [0.05, 0.1) is 0 Å². The Morgan fingerprint density at radius 1 is 0.780 bits per heavy atom. The summed E-state index contributed by atoms with van der Waals surface area (Å²) in [5.41, 5.74) is 0.590. The number of amides is 2. The van der Waals surface area contributed by atoms with Crippen molar-refractivity contribution < 1.29 is 19.1 Å². The van der Waals surface area contributed by atoms with Gasteiger partial charge in [0.15, 0.2) is 5.82 Å². The van der Waals surface area contributed by atoms with E-state index in [4.69, 9.17) is 9.47 Å². The largest absolute Gasteiger partial charge is 0.444 e. The molecule has 14 nitrogen and oxygen atoms in total. The van der Waals surface area contributed by atoms with E-state index in [1.54, 1.807) is 27.8 Å². The van der Waals surface area contributed by atoms with Crippen LogP contribution in [0.5, 0.6) is 0 Å². The Labute approximate surface area is 238 Å². The summed E-state index contributed by atoms with van der Waals surface area (Å²) in [6.07, 6.45) is -1.05. The maximum Gasteiger partial charge on any atom is 0.408 e. The van der Waals surface area contributed by atoms with Gasteiger partial charge in [-0.3, -0.25) is 0 Å². The molecule has 218 valence electrons. The molecule has 2 atom stereocenters. The van der Waals surface area contributed by atoms with Crippen LogP contribution in [0.15, 0.2) is 60.7 Å². The molecule has 0 aliphatic carbocycles. The van der Waals surface area contributed by atoms with E-state index in [2.05, 4.69) is 46.8 Å². The molecule has 0 spiro atoms. The van der Waals surface area contributed by atoms with Gasteiger partial charge in [-0.05, 0) is 63.1 Å². The molecule has 2 amide bonds. The number of carbonyl (C=O) groups is 2. The highest BCUT2D eigenvalue weighted by molar-refractivity contribution is 5.69. The van der Waals surface area contributed by atoms with E-state index >= 15 is 0 Å². The average molecular weight is 565 g/mol. The molecular formula is C27H36N10O4. The van der Waals surface area contributed by atoms with Crippen molar-refractivity contribution in [2.24, 2.45) is 7.05 Å². The molecule has 4 aromatic rings. The van der Waals surface area contributed by atoms with E-state index in [0.717, 1.165) is 11.1 Å². The minimum Gasteiger partial charge on any atom is -0.444 e. The van der Waals surface area contributed by atoms with Gasteiger partial charge in [-0.15, -0.1) is 15.3 Å². The van der Waals surface area contributed by atoms with Crippen molar-refractivity contribution in [2.75, 3.05) is 0 Å². The second kappa shape index (κ2) is 13.5. The van der Waals surface area contributed by atoms with E-state index in [1.807, 2.05) is 81.4 Å². The number of aryl methyl sites for hydroxylation is 1. The van der Waals surface area contributed by atoms with Gasteiger partial charge in [-0.25, -0.2) is 14.3 Å². The van der Waals surface area contributed by atoms with Gasteiger partial charge in [0.25, 0.3) is 0 Å². The van der Waals surface area contributed by atoms with Crippen LogP contribution in [0, 0.1) is 0 Å². The number of aromatic amines is 1. The summed E-state index contributed by atoms with van der Waals surface area (Å²) in [5.74, 6) is 0.911. The summed E-state index contributed by atoms with van der Waals surface area (Å²) in [5, 5.41) is 30.7. The summed E-state index contributed by atoms with van der Waals surface area (Å²) in [6, 6.07) is 17.9. The van der Waals surface area contributed by atoms with E-state index < -0.39 is 35.5 Å². The lowest BCUT2D eigenvalue weighted by atomic mass is 10.1. The Hall–Kier alpha value is -4.88. The third-order valence-corrected chi connectivity index (χ3v) is 5.12. The van der Waals surface area contributed by atoms with Crippen LogP contribution in [0.1, 0.15) is 76.4 Å². The van der Waals surface area contributed by atoms with Crippen LogP contribution in [0.4, 0.5) is 9.59 Å². The van der Waals surface area contributed by atoms with Crippen molar-refractivity contribution in [2.45, 2.75) is 64.8 Å². The number of H-pyrrole nitrogens is 1. The number of nitrogens with one attached hydrogen (secondary N) is 3. The number of alkyl carbamates (subject to hydrolysis) is 2. The predicted molar refractivity (Wildman–Crippen MR) is 148 cm³/mol. The molecule has 0 aliphatic rings. The fraction of sp³-hybridized carbons (Fsp3) is 0.407. The number of hydrogen-bond acceptors (Lipinski definition) is 10. The number of aromatic nitrogens is 8. The summed E-state index contributed by atoms with van der Waals surface area (Å²) in [7, 11) is 1.72. The lowest BCUT2D eigenvalue weighted by Gasteiger charge is -2.23. The number of benzene rings is 2. The highest BCUT2D eigenvalue weighted by Gasteiger charge is 2.26. The van der Waals surface area contributed by atoms with E-state index in [9.17, 15) is 9.59 Å². The minimum absolute atomic E-state index is 0.377.